The van der Waals surface area contributed by atoms with Crippen LogP contribution in [0.15, 0.2) is 12.7 Å². The number of primary amides is 1. The summed E-state index contributed by atoms with van der Waals surface area (Å²) in [5.41, 5.74) is 4.53. The van der Waals surface area contributed by atoms with Crippen LogP contribution in [0.3, 0.4) is 0 Å². The van der Waals surface area contributed by atoms with Crippen LogP contribution in [0, 0.1) is 0 Å². The minimum atomic E-state index is -0.481. The van der Waals surface area contributed by atoms with Crippen molar-refractivity contribution in [1.82, 2.24) is 0 Å². The molecule has 0 heterocycles. The van der Waals surface area contributed by atoms with E-state index in [0.29, 0.717) is 0 Å². The zero-order valence-corrected chi connectivity index (χ0v) is 8.63. The Balaban J connectivity index is 0. The van der Waals surface area contributed by atoms with E-state index in [0.717, 1.165) is 10.6 Å². The van der Waals surface area contributed by atoms with Crippen molar-refractivity contribution < 1.29 is 9.28 Å². The summed E-state index contributed by atoms with van der Waals surface area (Å²) in [5.74, 6) is -0.481. The molecule has 0 bridgehead atoms. The van der Waals surface area contributed by atoms with E-state index in [9.17, 15) is 4.79 Å². The Morgan fingerprint density at radius 2 is 1.83 bits per heavy atom. The van der Waals surface area contributed by atoms with Gasteiger partial charge in [-0.2, -0.15) is 0 Å². The molecule has 0 spiro atoms. The number of hydrogen-bond acceptors (Lipinski definition) is 1. The zero-order valence-electron chi connectivity index (χ0n) is 8.63. The third-order valence-corrected chi connectivity index (χ3v) is 1.10. The van der Waals surface area contributed by atoms with E-state index >= 15 is 0 Å². The molecule has 72 valence electrons. The molecule has 1 amide bonds. The number of nitrogens with two attached hydrogens (primary N) is 1. The van der Waals surface area contributed by atoms with Gasteiger partial charge in [-0.15, -0.1) is 0 Å². The maximum atomic E-state index is 9.47. The molecule has 3 heteroatoms. The number of carbonyl (C=O) groups is 1. The first-order valence-corrected chi connectivity index (χ1v) is 4.05. The molecule has 2 N–H and O–H groups in total. The van der Waals surface area contributed by atoms with Gasteiger partial charge in [0, 0.05) is 0 Å². The molecule has 0 aliphatic heterocycles. The summed E-state index contributed by atoms with van der Waals surface area (Å²) in [5, 5.41) is 0. The summed E-state index contributed by atoms with van der Waals surface area (Å²) in [6.07, 6.45) is 2.34. The largest absolute Gasteiger partial charge is 0.366 e. The van der Waals surface area contributed by atoms with Crippen LogP contribution in [0.1, 0.15) is 13.3 Å². The van der Waals surface area contributed by atoms with Crippen LogP contribution in [0.5, 0.6) is 0 Å². The number of quaternary nitrogens is 1. The van der Waals surface area contributed by atoms with Gasteiger partial charge in [0.15, 0.2) is 0 Å². The number of hydrogen-bond donors (Lipinski definition) is 1. The van der Waals surface area contributed by atoms with Crippen molar-refractivity contribution in [2.75, 3.05) is 27.7 Å². The lowest BCUT2D eigenvalue weighted by Gasteiger charge is -2.22. The van der Waals surface area contributed by atoms with E-state index in [1.807, 2.05) is 0 Å². The van der Waals surface area contributed by atoms with Gasteiger partial charge in [-0.3, -0.25) is 4.79 Å². The third-order valence-electron chi connectivity index (χ3n) is 1.10. The highest BCUT2D eigenvalue weighted by atomic mass is 16.1. The van der Waals surface area contributed by atoms with Crippen LogP contribution in [0.4, 0.5) is 0 Å². The number of amides is 1. The molecule has 0 atom stereocenters. The normalized spacial score (nSPS) is 9.67. The Morgan fingerprint density at radius 1 is 1.50 bits per heavy atom. The molecule has 0 saturated heterocycles. The first kappa shape index (κ1) is 13.7. The summed E-state index contributed by atoms with van der Waals surface area (Å²) in [6.45, 7) is 6.58. The van der Waals surface area contributed by atoms with Crippen molar-refractivity contribution in [2.24, 2.45) is 5.73 Å². The second-order valence-electron chi connectivity index (χ2n) is 3.62. The van der Waals surface area contributed by atoms with Gasteiger partial charge in [0.25, 0.3) is 0 Å². The second-order valence-corrected chi connectivity index (χ2v) is 3.62. The van der Waals surface area contributed by atoms with Crippen LogP contribution >= 0.6 is 0 Å². The van der Waals surface area contributed by atoms with Gasteiger partial charge in [-0.1, -0.05) is 13.5 Å². The van der Waals surface area contributed by atoms with Crippen molar-refractivity contribution in [3.05, 3.63) is 12.7 Å². The monoisotopic (exact) mass is 173 g/mol. The van der Waals surface area contributed by atoms with Crippen LogP contribution in [-0.4, -0.2) is 38.1 Å². The molecule has 0 aromatic rings. The molecule has 0 aliphatic carbocycles. The molecule has 0 radical (unpaired) electrons. The van der Waals surface area contributed by atoms with E-state index in [1.54, 1.807) is 0 Å². The van der Waals surface area contributed by atoms with Gasteiger partial charge in [0.05, 0.1) is 27.7 Å². The van der Waals surface area contributed by atoms with E-state index < -0.39 is 5.91 Å². The average Bonchev–Trinajstić information content (AvgIpc) is 1.86. The van der Waals surface area contributed by atoms with Crippen LogP contribution in [-0.2, 0) is 4.79 Å². The molecule has 0 fully saturated rings. The van der Waals surface area contributed by atoms with Crippen LogP contribution in [0.25, 0.3) is 0 Å². The Kier molecular flexibility index (Phi) is 7.85. The van der Waals surface area contributed by atoms with Crippen molar-refractivity contribution in [3.8, 4) is 0 Å². The highest BCUT2D eigenvalue weighted by molar-refractivity contribution is 5.84. The molecule has 12 heavy (non-hydrogen) atoms. The van der Waals surface area contributed by atoms with Crippen molar-refractivity contribution in [2.45, 2.75) is 13.3 Å². The fraction of sp³-hybridized carbons (Fsp3) is 0.667. The maximum absolute atomic E-state index is 9.47. The Bertz CT molecular complexity index is 136. The molecular formula is C9H21N2O+. The van der Waals surface area contributed by atoms with Crippen molar-refractivity contribution in [1.29, 1.82) is 0 Å². The van der Waals surface area contributed by atoms with Gasteiger partial charge in [-0.05, 0) is 12.5 Å². The molecule has 0 unspecified atom stereocenters. The molecule has 0 aromatic heterocycles. The SMILES string of the molecule is C=CC(N)=O.CCC[N+](C)(C)C. The highest BCUT2D eigenvalue weighted by Crippen LogP contribution is 1.90. The Morgan fingerprint density at radius 3 is 1.83 bits per heavy atom. The fourth-order valence-electron chi connectivity index (χ4n) is 0.671. The number of carbonyl (C=O) groups excluding carboxylic acids is 1. The summed E-state index contributed by atoms with van der Waals surface area (Å²) in [7, 11) is 6.64. The first-order valence-electron chi connectivity index (χ1n) is 4.05. The molecule has 0 aliphatic rings. The van der Waals surface area contributed by atoms with E-state index in [2.05, 4.69) is 40.4 Å². The van der Waals surface area contributed by atoms with Crippen LogP contribution in [0.2, 0.25) is 0 Å². The van der Waals surface area contributed by atoms with Crippen LogP contribution < -0.4 is 5.73 Å². The fourth-order valence-corrected chi connectivity index (χ4v) is 0.671. The summed E-state index contributed by atoms with van der Waals surface area (Å²) < 4.78 is 1.09. The van der Waals surface area contributed by atoms with Gasteiger partial charge in [0.1, 0.15) is 0 Å². The van der Waals surface area contributed by atoms with E-state index in [-0.39, 0.29) is 0 Å². The predicted octanol–water partition coefficient (Wildman–Crippen LogP) is 0.760. The lowest BCUT2D eigenvalue weighted by Crippen LogP contribution is -2.34. The van der Waals surface area contributed by atoms with Crippen molar-refractivity contribution in [3.63, 3.8) is 0 Å². The third kappa shape index (κ3) is 22.9. The Labute approximate surface area is 75.4 Å². The summed E-state index contributed by atoms with van der Waals surface area (Å²) in [6, 6.07) is 0. The second kappa shape index (κ2) is 6.85. The van der Waals surface area contributed by atoms with Crippen molar-refractivity contribution >= 4 is 5.91 Å². The number of rotatable bonds is 3. The highest BCUT2D eigenvalue weighted by Gasteiger charge is 2.01. The van der Waals surface area contributed by atoms with E-state index in [4.69, 9.17) is 0 Å². The van der Waals surface area contributed by atoms with Gasteiger partial charge >= 0.3 is 0 Å². The molecule has 0 saturated carbocycles. The van der Waals surface area contributed by atoms with Gasteiger partial charge < -0.3 is 10.2 Å². The zero-order chi connectivity index (χ0) is 10.2. The Hall–Kier alpha value is -0.830. The van der Waals surface area contributed by atoms with E-state index in [1.165, 1.54) is 13.0 Å². The summed E-state index contributed by atoms with van der Waals surface area (Å²) >= 11 is 0. The lowest BCUT2D eigenvalue weighted by atomic mass is 10.4. The van der Waals surface area contributed by atoms with Gasteiger partial charge in [0.2, 0.25) is 5.91 Å². The summed E-state index contributed by atoms with van der Waals surface area (Å²) in [4.78, 5) is 9.47. The molecule has 0 rings (SSSR count). The van der Waals surface area contributed by atoms with Gasteiger partial charge in [-0.25, -0.2) is 0 Å². The molecular weight excluding hydrogens is 152 g/mol. The first-order chi connectivity index (χ1) is 5.33. The minimum absolute atomic E-state index is 0.481. The standard InChI is InChI=1S/C6H16N.C3H5NO/c1-5-6-7(2,3)4;1-2-3(4)5/h5-6H2,1-4H3;2H,1H2,(H2,4,5)/q+1;. The molecule has 0 aromatic carbocycles. The smallest absolute Gasteiger partial charge is 0.240 e. The maximum Gasteiger partial charge on any atom is 0.240 e. The number of nitrogens with zero attached hydrogens (tertiary/aromatic N) is 1. The topological polar surface area (TPSA) is 43.1 Å². The predicted molar refractivity (Wildman–Crippen MR) is 52.6 cm³/mol. The minimum Gasteiger partial charge on any atom is -0.366 e. The lowest BCUT2D eigenvalue weighted by molar-refractivity contribution is -0.870. The quantitative estimate of drug-likeness (QED) is 0.497. The molecule has 3 nitrogen and oxygen atoms in total. The average molecular weight is 173 g/mol.